The number of benzene rings is 1. The Morgan fingerprint density at radius 2 is 1.81 bits per heavy atom. The van der Waals surface area contributed by atoms with Gasteiger partial charge in [0.05, 0.1) is 26.2 Å². The second-order valence-corrected chi connectivity index (χ2v) is 8.79. The minimum atomic E-state index is -4.86. The van der Waals surface area contributed by atoms with E-state index in [9.17, 15) is 26.4 Å². The number of hydrogen-bond acceptors (Lipinski definition) is 5. The van der Waals surface area contributed by atoms with Crippen LogP contribution in [0.5, 0.6) is 0 Å². The lowest BCUT2D eigenvalue weighted by Gasteiger charge is -2.14. The zero-order valence-corrected chi connectivity index (χ0v) is 17.9. The second-order valence-electron chi connectivity index (χ2n) is 6.26. The number of anilines is 1. The van der Waals surface area contributed by atoms with Crippen LogP contribution in [0.2, 0.25) is 10.0 Å². The van der Waals surface area contributed by atoms with Crippen molar-refractivity contribution in [3.63, 3.8) is 0 Å². The van der Waals surface area contributed by atoms with E-state index in [1.807, 2.05) is 0 Å². The number of pyridine rings is 2. The number of alkyl halides is 3. The van der Waals surface area contributed by atoms with Crippen LogP contribution in [0.15, 0.2) is 53.7 Å². The maximum atomic E-state index is 13.1. The summed E-state index contributed by atoms with van der Waals surface area (Å²) in [6.45, 7) is 1.58. The van der Waals surface area contributed by atoms with Crippen molar-refractivity contribution in [2.75, 3.05) is 4.72 Å². The van der Waals surface area contributed by atoms with Gasteiger partial charge < -0.3 is 0 Å². The zero-order valence-electron chi connectivity index (χ0n) is 15.5. The maximum absolute atomic E-state index is 13.1. The molecule has 1 aromatic carbocycles. The van der Waals surface area contributed by atoms with Crippen molar-refractivity contribution >= 4 is 44.7 Å². The first kappa shape index (κ1) is 23.0. The fraction of sp³-hybridized carbons (Fsp3) is 0.105. The third-order valence-electron chi connectivity index (χ3n) is 4.12. The van der Waals surface area contributed by atoms with E-state index >= 15 is 0 Å². The van der Waals surface area contributed by atoms with Crippen LogP contribution >= 0.6 is 23.2 Å². The summed E-state index contributed by atoms with van der Waals surface area (Å²) in [6.07, 6.45) is -2.24. The van der Waals surface area contributed by atoms with E-state index in [1.54, 1.807) is 6.92 Å². The number of carbonyl (C=O) groups is 1. The minimum Gasteiger partial charge on any atom is -0.287 e. The molecule has 3 aromatic rings. The molecule has 3 rings (SSSR count). The first-order valence-corrected chi connectivity index (χ1v) is 10.7. The van der Waals surface area contributed by atoms with Gasteiger partial charge in [-0.15, -0.1) is 0 Å². The van der Waals surface area contributed by atoms with Crippen LogP contribution in [-0.4, -0.2) is 24.2 Å². The van der Waals surface area contributed by atoms with Gasteiger partial charge in [0, 0.05) is 23.7 Å². The van der Waals surface area contributed by atoms with Gasteiger partial charge in [0.2, 0.25) is 5.78 Å². The van der Waals surface area contributed by atoms with E-state index < -0.39 is 37.5 Å². The van der Waals surface area contributed by atoms with E-state index in [-0.39, 0.29) is 22.0 Å². The number of nitrogens with zero attached hydrogens (tertiary/aromatic N) is 2. The van der Waals surface area contributed by atoms with Crippen molar-refractivity contribution in [1.82, 2.24) is 9.97 Å². The van der Waals surface area contributed by atoms with Crippen LogP contribution in [0.3, 0.4) is 0 Å². The average Bonchev–Trinajstić information content (AvgIpc) is 2.67. The van der Waals surface area contributed by atoms with Crippen molar-refractivity contribution in [2.45, 2.75) is 18.0 Å². The molecule has 0 saturated heterocycles. The molecule has 0 fully saturated rings. The molecule has 162 valence electrons. The van der Waals surface area contributed by atoms with Crippen molar-refractivity contribution in [2.24, 2.45) is 0 Å². The first-order chi connectivity index (χ1) is 14.4. The van der Waals surface area contributed by atoms with Crippen LogP contribution < -0.4 is 4.72 Å². The number of nitrogens with one attached hydrogen (secondary N) is 1. The summed E-state index contributed by atoms with van der Waals surface area (Å²) in [5.74, 6) is -0.646. The molecule has 0 bridgehead atoms. The zero-order chi connectivity index (χ0) is 23.0. The second kappa shape index (κ2) is 8.45. The van der Waals surface area contributed by atoms with E-state index in [0.29, 0.717) is 11.8 Å². The Kier molecular flexibility index (Phi) is 6.26. The molecule has 0 spiro atoms. The molecule has 0 unspecified atom stereocenters. The minimum absolute atomic E-state index is 0.00393. The number of aryl methyl sites for hydroxylation is 1. The van der Waals surface area contributed by atoms with Gasteiger partial charge in [-0.2, -0.15) is 13.2 Å². The monoisotopic (exact) mass is 489 g/mol. The van der Waals surface area contributed by atoms with Crippen LogP contribution in [-0.2, 0) is 16.2 Å². The molecule has 0 aliphatic carbocycles. The molecule has 0 aliphatic rings. The summed E-state index contributed by atoms with van der Waals surface area (Å²) >= 11 is 11.4. The smallest absolute Gasteiger partial charge is 0.287 e. The highest BCUT2D eigenvalue weighted by Crippen LogP contribution is 2.36. The predicted molar refractivity (Wildman–Crippen MR) is 109 cm³/mol. The number of ketones is 1. The molecule has 0 aliphatic heterocycles. The Labute approximate surface area is 185 Å². The molecule has 6 nitrogen and oxygen atoms in total. The van der Waals surface area contributed by atoms with Crippen molar-refractivity contribution in [3.8, 4) is 0 Å². The summed E-state index contributed by atoms with van der Waals surface area (Å²) in [7, 11) is -4.55. The molecule has 2 aromatic heterocycles. The molecule has 0 saturated carbocycles. The highest BCUT2D eigenvalue weighted by molar-refractivity contribution is 7.92. The van der Waals surface area contributed by atoms with E-state index in [4.69, 9.17) is 23.2 Å². The first-order valence-electron chi connectivity index (χ1n) is 8.41. The average molecular weight is 490 g/mol. The predicted octanol–water partition coefficient (Wildman–Crippen LogP) is 5.14. The maximum Gasteiger partial charge on any atom is 0.417 e. The van der Waals surface area contributed by atoms with E-state index in [1.165, 1.54) is 18.3 Å². The molecule has 1 N–H and O–H groups in total. The Morgan fingerprint density at radius 3 is 2.45 bits per heavy atom. The normalized spacial score (nSPS) is 11.9. The Balaban J connectivity index is 2.06. The lowest BCUT2D eigenvalue weighted by Crippen LogP contribution is -2.18. The van der Waals surface area contributed by atoms with Gasteiger partial charge in [0.15, 0.2) is 0 Å². The highest BCUT2D eigenvalue weighted by Gasteiger charge is 2.34. The van der Waals surface area contributed by atoms with Crippen molar-refractivity contribution in [1.29, 1.82) is 0 Å². The van der Waals surface area contributed by atoms with Gasteiger partial charge in [-0.25, -0.2) is 13.4 Å². The number of carbonyl (C=O) groups excluding carboxylic acids is 1. The van der Waals surface area contributed by atoms with Gasteiger partial charge >= 0.3 is 6.18 Å². The summed E-state index contributed by atoms with van der Waals surface area (Å²) < 4.78 is 67.0. The quantitative estimate of drug-likeness (QED) is 0.501. The third-order valence-corrected chi connectivity index (χ3v) is 6.02. The van der Waals surface area contributed by atoms with Gasteiger partial charge in [-0.3, -0.25) is 14.5 Å². The summed E-state index contributed by atoms with van der Waals surface area (Å²) in [6, 6.07) is 6.26. The van der Waals surface area contributed by atoms with Crippen LogP contribution in [0.1, 0.15) is 27.3 Å². The molecule has 31 heavy (non-hydrogen) atoms. The Bertz CT molecular complexity index is 1280. The Hall–Kier alpha value is -2.69. The fourth-order valence-electron chi connectivity index (χ4n) is 2.64. The number of rotatable bonds is 5. The lowest BCUT2D eigenvalue weighted by molar-refractivity contribution is -0.137. The number of aromatic nitrogens is 2. The standard InChI is InChI=1S/C19H12Cl2F3N3O3S/c1-10-13(3-2-6-25-10)18(28)17-16(7-11(20)9-26-17)27-31(29,30)12-4-5-15(21)14(8-12)19(22,23)24/h2-9,27H,1H3. The van der Waals surface area contributed by atoms with E-state index in [0.717, 1.165) is 24.4 Å². The van der Waals surface area contributed by atoms with E-state index in [2.05, 4.69) is 14.7 Å². The molecule has 12 heteroatoms. The largest absolute Gasteiger partial charge is 0.417 e. The SMILES string of the molecule is Cc1ncccc1C(=O)c1ncc(Cl)cc1NS(=O)(=O)c1ccc(Cl)c(C(F)(F)F)c1. The van der Waals surface area contributed by atoms with Crippen LogP contribution in [0.25, 0.3) is 0 Å². The van der Waals surface area contributed by atoms with Gasteiger partial charge in [-0.05, 0) is 43.3 Å². The molecule has 0 amide bonds. The molecule has 2 heterocycles. The summed E-state index contributed by atoms with van der Waals surface area (Å²) in [5.41, 5.74) is -1.36. The molecular formula is C19H12Cl2F3N3O3S. The van der Waals surface area contributed by atoms with Crippen molar-refractivity contribution < 1.29 is 26.4 Å². The Morgan fingerprint density at radius 1 is 1.10 bits per heavy atom. The van der Waals surface area contributed by atoms with Crippen LogP contribution in [0.4, 0.5) is 18.9 Å². The fourth-order valence-corrected chi connectivity index (χ4v) is 4.11. The summed E-state index contributed by atoms with van der Waals surface area (Å²) in [5, 5.41) is -0.650. The molecule has 0 atom stereocenters. The molecule has 0 radical (unpaired) electrons. The van der Waals surface area contributed by atoms with Crippen LogP contribution in [0, 0.1) is 6.92 Å². The topological polar surface area (TPSA) is 89.0 Å². The number of sulfonamides is 1. The lowest BCUT2D eigenvalue weighted by atomic mass is 10.1. The van der Waals surface area contributed by atoms with Gasteiger partial charge in [-0.1, -0.05) is 23.2 Å². The third kappa shape index (κ3) is 4.97. The molecular weight excluding hydrogens is 478 g/mol. The van der Waals surface area contributed by atoms with Gasteiger partial charge in [0.1, 0.15) is 5.69 Å². The summed E-state index contributed by atoms with van der Waals surface area (Å²) in [4.78, 5) is 20.1. The van der Waals surface area contributed by atoms with Crippen molar-refractivity contribution in [3.05, 3.63) is 81.4 Å². The highest BCUT2D eigenvalue weighted by atomic mass is 35.5. The number of hydrogen-bond donors (Lipinski definition) is 1. The van der Waals surface area contributed by atoms with Gasteiger partial charge in [0.25, 0.3) is 10.0 Å². The number of halogens is 5.